The van der Waals surface area contributed by atoms with E-state index in [4.69, 9.17) is 15.1 Å². The molecule has 0 fully saturated rings. The van der Waals surface area contributed by atoms with Crippen LogP contribution in [0.15, 0.2) is 27.2 Å². The Morgan fingerprint density at radius 2 is 2.06 bits per heavy atom. The molecule has 0 heterocycles. The van der Waals surface area contributed by atoms with Crippen LogP contribution in [0.25, 0.3) is 6.08 Å². The first kappa shape index (κ1) is 14.7. The first-order valence-corrected chi connectivity index (χ1v) is 6.49. The van der Waals surface area contributed by atoms with E-state index in [0.717, 1.165) is 6.08 Å². The van der Waals surface area contributed by atoms with Crippen molar-refractivity contribution in [2.75, 3.05) is 0 Å². The fourth-order valence-corrected chi connectivity index (χ4v) is 2.57. The maximum Gasteiger partial charge on any atom is 0.328 e. The highest BCUT2D eigenvalue weighted by Gasteiger charge is 2.11. The Bertz CT molecular complexity index is 512. The summed E-state index contributed by atoms with van der Waals surface area (Å²) < 4.78 is 6.70. The summed E-state index contributed by atoms with van der Waals surface area (Å²) in [7, 11) is 0. The number of carbonyl (C=O) groups is 1. The van der Waals surface area contributed by atoms with Gasteiger partial charge < -0.3 is 9.84 Å². The largest absolute Gasteiger partial charge is 0.478 e. The molecule has 0 aliphatic rings. The van der Waals surface area contributed by atoms with Crippen molar-refractivity contribution in [3.63, 3.8) is 0 Å². The molecule has 1 aromatic carbocycles. The minimum absolute atomic E-state index is 0.511. The maximum absolute atomic E-state index is 10.4. The van der Waals surface area contributed by atoms with E-state index in [1.54, 1.807) is 19.1 Å². The fourth-order valence-electron chi connectivity index (χ4n) is 1.16. The molecule has 18 heavy (non-hydrogen) atoms. The van der Waals surface area contributed by atoms with Crippen LogP contribution in [0.1, 0.15) is 12.5 Å². The van der Waals surface area contributed by atoms with Gasteiger partial charge in [-0.15, -0.1) is 0 Å². The van der Waals surface area contributed by atoms with E-state index in [2.05, 4.69) is 31.9 Å². The summed E-state index contributed by atoms with van der Waals surface area (Å²) in [6.07, 6.45) is 1.94. The molecule has 0 saturated heterocycles. The maximum atomic E-state index is 10.4. The number of aliphatic carboxylic acids is 1. The first-order valence-electron chi connectivity index (χ1n) is 4.90. The van der Waals surface area contributed by atoms with Crippen molar-refractivity contribution in [3.05, 3.63) is 32.7 Å². The summed E-state index contributed by atoms with van der Waals surface area (Å²) in [6.45, 7) is 1.64. The Morgan fingerprint density at radius 1 is 1.50 bits per heavy atom. The molecule has 0 bridgehead atoms. The number of rotatable bonds is 4. The van der Waals surface area contributed by atoms with Crippen molar-refractivity contribution < 1.29 is 14.6 Å². The number of benzene rings is 1. The van der Waals surface area contributed by atoms with E-state index >= 15 is 0 Å². The first-order chi connectivity index (χ1) is 8.43. The summed E-state index contributed by atoms with van der Waals surface area (Å²) in [4.78, 5) is 10.4. The summed E-state index contributed by atoms with van der Waals surface area (Å²) in [5.74, 6) is -0.503. The highest BCUT2D eigenvalue weighted by Crippen LogP contribution is 2.35. The van der Waals surface area contributed by atoms with Gasteiger partial charge in [0.25, 0.3) is 0 Å². The zero-order valence-corrected chi connectivity index (χ0v) is 12.5. The number of hydrogen-bond acceptors (Lipinski definition) is 3. The number of hydrogen-bond donors (Lipinski definition) is 1. The minimum Gasteiger partial charge on any atom is -0.478 e. The van der Waals surface area contributed by atoms with Gasteiger partial charge in [-0.05, 0) is 62.6 Å². The van der Waals surface area contributed by atoms with E-state index in [0.29, 0.717) is 20.3 Å². The molecule has 0 aliphatic carbocycles. The van der Waals surface area contributed by atoms with Crippen LogP contribution in [-0.2, 0) is 4.79 Å². The molecule has 6 heteroatoms. The predicted molar refractivity (Wildman–Crippen MR) is 74.2 cm³/mol. The van der Waals surface area contributed by atoms with Gasteiger partial charge >= 0.3 is 5.97 Å². The third kappa shape index (κ3) is 4.17. The second-order valence-electron chi connectivity index (χ2n) is 3.37. The van der Waals surface area contributed by atoms with Gasteiger partial charge in [-0.25, -0.2) is 4.79 Å². The zero-order chi connectivity index (χ0) is 13.7. The predicted octanol–water partition coefficient (Wildman–Crippen LogP) is 3.60. The van der Waals surface area contributed by atoms with Crippen molar-refractivity contribution in [2.24, 2.45) is 0 Å². The van der Waals surface area contributed by atoms with E-state index in [1.807, 2.05) is 6.07 Å². The normalized spacial score (nSPS) is 12.1. The quantitative estimate of drug-likeness (QED) is 0.817. The molecule has 1 aromatic rings. The lowest BCUT2D eigenvalue weighted by Gasteiger charge is -2.12. The highest BCUT2D eigenvalue weighted by molar-refractivity contribution is 9.11. The molecule has 0 radical (unpaired) electrons. The van der Waals surface area contributed by atoms with Crippen molar-refractivity contribution in [2.45, 2.75) is 13.0 Å². The topological polar surface area (TPSA) is 70.3 Å². The molecule has 1 atom stereocenters. The van der Waals surface area contributed by atoms with Crippen LogP contribution in [0.5, 0.6) is 5.75 Å². The van der Waals surface area contributed by atoms with Gasteiger partial charge in [0.1, 0.15) is 11.8 Å². The molecule has 0 aromatic heterocycles. The average Bonchev–Trinajstić information content (AvgIpc) is 2.30. The smallest absolute Gasteiger partial charge is 0.328 e. The molecule has 1 N–H and O–H groups in total. The summed E-state index contributed by atoms with van der Waals surface area (Å²) >= 11 is 6.63. The van der Waals surface area contributed by atoms with Gasteiger partial charge in [-0.2, -0.15) is 5.26 Å². The van der Waals surface area contributed by atoms with Crippen molar-refractivity contribution >= 4 is 43.9 Å². The van der Waals surface area contributed by atoms with E-state index in [9.17, 15) is 4.79 Å². The van der Waals surface area contributed by atoms with Crippen LogP contribution in [0, 0.1) is 11.3 Å². The lowest BCUT2D eigenvalue weighted by Crippen LogP contribution is -2.09. The van der Waals surface area contributed by atoms with Gasteiger partial charge in [0.15, 0.2) is 6.10 Å². The molecule has 1 rings (SSSR count). The van der Waals surface area contributed by atoms with Gasteiger partial charge in [0.2, 0.25) is 0 Å². The van der Waals surface area contributed by atoms with Crippen molar-refractivity contribution in [3.8, 4) is 11.8 Å². The Labute approximate surface area is 121 Å². The molecule has 0 saturated carbocycles. The van der Waals surface area contributed by atoms with Gasteiger partial charge in [0, 0.05) is 6.08 Å². The number of carboxylic acid groups (broad SMARTS) is 1. The molecule has 0 amide bonds. The zero-order valence-electron chi connectivity index (χ0n) is 9.35. The Morgan fingerprint density at radius 3 is 2.50 bits per heavy atom. The Kier molecular flexibility index (Phi) is 5.38. The van der Waals surface area contributed by atoms with E-state index in [1.165, 1.54) is 6.08 Å². The standard InChI is InChI=1S/C12H9Br2NO3/c1-7(6-15)18-12-9(13)4-8(5-10(12)14)2-3-11(16)17/h2-5,7H,1H3,(H,16,17)/b3-2+. The SMILES string of the molecule is CC(C#N)Oc1c(Br)cc(/C=C/C(=O)O)cc1Br. The van der Waals surface area contributed by atoms with Crippen LogP contribution in [-0.4, -0.2) is 17.2 Å². The third-order valence-electron chi connectivity index (χ3n) is 1.92. The monoisotopic (exact) mass is 373 g/mol. The number of nitriles is 1. The number of nitrogens with zero attached hydrogens (tertiary/aromatic N) is 1. The van der Waals surface area contributed by atoms with Crippen LogP contribution in [0.3, 0.4) is 0 Å². The van der Waals surface area contributed by atoms with Gasteiger partial charge in [0.05, 0.1) is 8.95 Å². The molecular formula is C12H9Br2NO3. The Hall–Kier alpha value is -1.32. The van der Waals surface area contributed by atoms with Gasteiger partial charge in [-0.1, -0.05) is 0 Å². The lowest BCUT2D eigenvalue weighted by atomic mass is 10.2. The molecule has 0 spiro atoms. The lowest BCUT2D eigenvalue weighted by molar-refractivity contribution is -0.131. The van der Waals surface area contributed by atoms with Crippen molar-refractivity contribution in [1.29, 1.82) is 5.26 Å². The molecule has 0 aliphatic heterocycles. The average molecular weight is 375 g/mol. The van der Waals surface area contributed by atoms with Crippen LogP contribution in [0.4, 0.5) is 0 Å². The summed E-state index contributed by atoms with van der Waals surface area (Å²) in [5.41, 5.74) is 0.702. The minimum atomic E-state index is -1.01. The van der Waals surface area contributed by atoms with Crippen LogP contribution >= 0.6 is 31.9 Å². The summed E-state index contributed by atoms with van der Waals surface area (Å²) in [5, 5.41) is 17.2. The van der Waals surface area contributed by atoms with E-state index in [-0.39, 0.29) is 0 Å². The Balaban J connectivity index is 3.05. The fraction of sp³-hybridized carbons (Fsp3) is 0.167. The van der Waals surface area contributed by atoms with Crippen LogP contribution in [0.2, 0.25) is 0 Å². The van der Waals surface area contributed by atoms with Gasteiger partial charge in [-0.3, -0.25) is 0 Å². The third-order valence-corrected chi connectivity index (χ3v) is 3.09. The van der Waals surface area contributed by atoms with Crippen LogP contribution < -0.4 is 4.74 Å². The highest BCUT2D eigenvalue weighted by atomic mass is 79.9. The number of halogens is 2. The van der Waals surface area contributed by atoms with Crippen molar-refractivity contribution in [1.82, 2.24) is 0 Å². The molecular weight excluding hydrogens is 366 g/mol. The molecule has 1 unspecified atom stereocenters. The second-order valence-corrected chi connectivity index (χ2v) is 5.08. The molecule has 4 nitrogen and oxygen atoms in total. The number of ether oxygens (including phenoxy) is 1. The number of carboxylic acids is 1. The summed E-state index contributed by atoms with van der Waals surface area (Å²) in [6, 6.07) is 5.39. The molecule has 94 valence electrons. The second kappa shape index (κ2) is 6.57. The van der Waals surface area contributed by atoms with E-state index < -0.39 is 12.1 Å².